The quantitative estimate of drug-likeness (QED) is 0.461. The number of aromatic hydroxyl groups is 2. The molecule has 0 aliphatic rings. The summed E-state index contributed by atoms with van der Waals surface area (Å²) in [5.74, 6) is 0.233. The van der Waals surface area contributed by atoms with Gasteiger partial charge in [0.05, 0.1) is 5.56 Å². The van der Waals surface area contributed by atoms with Crippen molar-refractivity contribution in [3.63, 3.8) is 0 Å². The zero-order valence-corrected chi connectivity index (χ0v) is 15.2. The molecule has 4 aromatic rings. The summed E-state index contributed by atoms with van der Waals surface area (Å²) in [6.07, 6.45) is 0. The second-order valence-corrected chi connectivity index (χ2v) is 6.60. The molecule has 0 aliphatic carbocycles. The Hall–Kier alpha value is -3.57. The number of halogens is 1. The van der Waals surface area contributed by atoms with E-state index in [0.29, 0.717) is 38.7 Å². The summed E-state index contributed by atoms with van der Waals surface area (Å²) < 4.78 is 5.53. The SMILES string of the molecule is O=C(c1ccc(Cl)cc1)c1c(-c2ccc(O)cc2)noc1-c1ccc(O)cc1. The van der Waals surface area contributed by atoms with Crippen LogP contribution in [0.25, 0.3) is 22.6 Å². The first-order chi connectivity index (χ1) is 13.5. The van der Waals surface area contributed by atoms with E-state index in [4.69, 9.17) is 16.1 Å². The van der Waals surface area contributed by atoms with Crippen molar-refractivity contribution in [3.05, 3.63) is 88.9 Å². The summed E-state index contributed by atoms with van der Waals surface area (Å²) in [4.78, 5) is 13.3. The van der Waals surface area contributed by atoms with E-state index in [1.807, 2.05) is 0 Å². The van der Waals surface area contributed by atoms with Crippen LogP contribution in [0.2, 0.25) is 5.02 Å². The van der Waals surface area contributed by atoms with E-state index in [2.05, 4.69) is 5.16 Å². The predicted molar refractivity (Wildman–Crippen MR) is 106 cm³/mol. The molecule has 0 aliphatic heterocycles. The molecule has 0 atom stereocenters. The average molecular weight is 392 g/mol. The molecule has 5 nitrogen and oxygen atoms in total. The molecule has 28 heavy (non-hydrogen) atoms. The zero-order valence-electron chi connectivity index (χ0n) is 14.5. The number of nitrogens with zero attached hydrogens (tertiary/aromatic N) is 1. The van der Waals surface area contributed by atoms with Crippen molar-refractivity contribution in [2.45, 2.75) is 0 Å². The maximum atomic E-state index is 13.3. The van der Waals surface area contributed by atoms with Crippen LogP contribution in [0.1, 0.15) is 15.9 Å². The lowest BCUT2D eigenvalue weighted by Crippen LogP contribution is -2.03. The first-order valence-electron chi connectivity index (χ1n) is 8.41. The molecule has 0 radical (unpaired) electrons. The van der Waals surface area contributed by atoms with Crippen LogP contribution in [-0.4, -0.2) is 21.2 Å². The number of aromatic nitrogens is 1. The van der Waals surface area contributed by atoms with Gasteiger partial charge in [-0.3, -0.25) is 4.79 Å². The molecule has 4 rings (SSSR count). The molecule has 0 saturated carbocycles. The normalized spacial score (nSPS) is 10.8. The standard InChI is InChI=1S/C22H14ClNO4/c23-16-7-1-14(2-8-16)21(27)19-20(13-3-9-17(25)10-4-13)24-28-22(19)15-5-11-18(26)12-6-15/h1-12,25-26H. The third-order valence-electron chi connectivity index (χ3n) is 4.30. The number of benzene rings is 3. The Morgan fingerprint density at radius 1 is 0.786 bits per heavy atom. The van der Waals surface area contributed by atoms with Crippen molar-refractivity contribution in [2.24, 2.45) is 0 Å². The van der Waals surface area contributed by atoms with Crippen LogP contribution >= 0.6 is 11.6 Å². The zero-order chi connectivity index (χ0) is 19.7. The molecule has 6 heteroatoms. The Morgan fingerprint density at radius 2 is 1.32 bits per heavy atom. The van der Waals surface area contributed by atoms with Gasteiger partial charge in [-0.2, -0.15) is 0 Å². The molecular formula is C22H14ClNO4. The summed E-state index contributed by atoms with van der Waals surface area (Å²) in [7, 11) is 0. The van der Waals surface area contributed by atoms with Gasteiger partial charge in [-0.05, 0) is 72.8 Å². The first kappa shape index (κ1) is 17.8. The van der Waals surface area contributed by atoms with E-state index in [1.165, 1.54) is 24.3 Å². The number of phenolic OH excluding ortho intramolecular Hbond substituents is 2. The van der Waals surface area contributed by atoms with E-state index in [-0.39, 0.29) is 17.3 Å². The molecule has 3 aromatic carbocycles. The van der Waals surface area contributed by atoms with Crippen LogP contribution in [-0.2, 0) is 0 Å². The third kappa shape index (κ3) is 3.35. The molecule has 1 heterocycles. The maximum absolute atomic E-state index is 13.3. The first-order valence-corrected chi connectivity index (χ1v) is 8.79. The Bertz CT molecular complexity index is 1070. The maximum Gasteiger partial charge on any atom is 0.199 e. The van der Waals surface area contributed by atoms with Crippen molar-refractivity contribution in [3.8, 4) is 34.1 Å². The second kappa shape index (κ2) is 7.21. The highest BCUT2D eigenvalue weighted by Crippen LogP contribution is 2.35. The van der Waals surface area contributed by atoms with Crippen molar-refractivity contribution in [1.82, 2.24) is 5.16 Å². The minimum atomic E-state index is -0.274. The van der Waals surface area contributed by atoms with Gasteiger partial charge < -0.3 is 14.7 Å². The molecule has 0 spiro atoms. The van der Waals surface area contributed by atoms with Crippen LogP contribution in [0.5, 0.6) is 11.5 Å². The van der Waals surface area contributed by atoms with Gasteiger partial charge in [0.15, 0.2) is 11.5 Å². The fourth-order valence-corrected chi connectivity index (χ4v) is 3.00. The number of phenols is 2. The fourth-order valence-electron chi connectivity index (χ4n) is 2.87. The summed E-state index contributed by atoms with van der Waals surface area (Å²) in [5, 5.41) is 23.7. The van der Waals surface area contributed by atoms with E-state index in [9.17, 15) is 15.0 Å². The number of carbonyl (C=O) groups is 1. The highest BCUT2D eigenvalue weighted by molar-refractivity contribution is 6.30. The highest BCUT2D eigenvalue weighted by atomic mass is 35.5. The highest BCUT2D eigenvalue weighted by Gasteiger charge is 2.26. The van der Waals surface area contributed by atoms with E-state index < -0.39 is 0 Å². The van der Waals surface area contributed by atoms with Crippen molar-refractivity contribution in [2.75, 3.05) is 0 Å². The molecule has 0 unspecified atom stereocenters. The topological polar surface area (TPSA) is 83.6 Å². The van der Waals surface area contributed by atoms with Crippen LogP contribution in [0.15, 0.2) is 77.3 Å². The van der Waals surface area contributed by atoms with E-state index in [0.717, 1.165) is 0 Å². The van der Waals surface area contributed by atoms with Crippen molar-refractivity contribution in [1.29, 1.82) is 0 Å². The number of carbonyl (C=O) groups excluding carboxylic acids is 1. The monoisotopic (exact) mass is 391 g/mol. The molecular weight excluding hydrogens is 378 g/mol. The van der Waals surface area contributed by atoms with Gasteiger partial charge in [0.25, 0.3) is 0 Å². The van der Waals surface area contributed by atoms with Gasteiger partial charge in [-0.1, -0.05) is 16.8 Å². The Balaban J connectivity index is 1.90. The lowest BCUT2D eigenvalue weighted by Gasteiger charge is -2.05. The van der Waals surface area contributed by atoms with Crippen LogP contribution < -0.4 is 0 Å². The molecule has 0 saturated heterocycles. The lowest BCUT2D eigenvalue weighted by molar-refractivity contribution is 0.103. The number of hydrogen-bond donors (Lipinski definition) is 2. The Morgan fingerprint density at radius 3 is 1.89 bits per heavy atom. The summed E-state index contributed by atoms with van der Waals surface area (Å²) in [6.45, 7) is 0. The molecule has 0 bridgehead atoms. The minimum absolute atomic E-state index is 0.104. The average Bonchev–Trinajstić information content (AvgIpc) is 3.14. The summed E-state index contributed by atoms with van der Waals surface area (Å²) >= 11 is 5.94. The van der Waals surface area contributed by atoms with Crippen molar-refractivity contribution >= 4 is 17.4 Å². The van der Waals surface area contributed by atoms with E-state index in [1.54, 1.807) is 48.5 Å². The third-order valence-corrected chi connectivity index (χ3v) is 4.55. The number of hydrogen-bond acceptors (Lipinski definition) is 5. The van der Waals surface area contributed by atoms with E-state index >= 15 is 0 Å². The number of ketones is 1. The second-order valence-electron chi connectivity index (χ2n) is 6.17. The Kier molecular flexibility index (Phi) is 4.59. The Labute approximate surface area is 165 Å². The van der Waals surface area contributed by atoms with Gasteiger partial charge >= 0.3 is 0 Å². The molecule has 1 aromatic heterocycles. The largest absolute Gasteiger partial charge is 0.508 e. The molecule has 138 valence electrons. The van der Waals surface area contributed by atoms with Gasteiger partial charge in [-0.25, -0.2) is 0 Å². The van der Waals surface area contributed by atoms with Crippen LogP contribution in [0.3, 0.4) is 0 Å². The lowest BCUT2D eigenvalue weighted by atomic mass is 9.95. The molecule has 0 amide bonds. The smallest absolute Gasteiger partial charge is 0.199 e. The van der Waals surface area contributed by atoms with Gasteiger partial charge in [-0.15, -0.1) is 0 Å². The predicted octanol–water partition coefficient (Wildman–Crippen LogP) is 5.30. The van der Waals surface area contributed by atoms with Gasteiger partial charge in [0.2, 0.25) is 0 Å². The van der Waals surface area contributed by atoms with Crippen LogP contribution in [0, 0.1) is 0 Å². The number of rotatable bonds is 4. The minimum Gasteiger partial charge on any atom is -0.508 e. The van der Waals surface area contributed by atoms with Crippen molar-refractivity contribution < 1.29 is 19.5 Å². The fraction of sp³-hybridized carbons (Fsp3) is 0. The van der Waals surface area contributed by atoms with Crippen LogP contribution in [0.4, 0.5) is 0 Å². The molecule has 0 fully saturated rings. The van der Waals surface area contributed by atoms with Gasteiger partial charge in [0, 0.05) is 21.7 Å². The van der Waals surface area contributed by atoms with Gasteiger partial charge in [0.1, 0.15) is 17.2 Å². The summed E-state index contributed by atoms with van der Waals surface area (Å²) in [5.41, 5.74) is 2.32. The summed E-state index contributed by atoms with van der Waals surface area (Å²) in [6, 6.07) is 19.2. The molecule has 2 N–H and O–H groups in total.